The highest BCUT2D eigenvalue weighted by molar-refractivity contribution is 9.10. The smallest absolute Gasteiger partial charge is 0.344 e. The molecule has 6 nitrogen and oxygen atoms in total. The molecule has 3 rings (SSSR count). The number of hydrogen-bond acceptors (Lipinski definition) is 5. The summed E-state index contributed by atoms with van der Waals surface area (Å²) in [5.74, 6) is 0.0398. The van der Waals surface area contributed by atoms with Crippen molar-refractivity contribution in [3.63, 3.8) is 0 Å². The van der Waals surface area contributed by atoms with Crippen LogP contribution in [0.1, 0.15) is 26.3 Å². The average Bonchev–Trinajstić information content (AvgIpc) is 2.75. The molecule has 0 aliphatic rings. The number of esters is 1. The van der Waals surface area contributed by atoms with Crippen LogP contribution in [-0.4, -0.2) is 25.2 Å². The van der Waals surface area contributed by atoms with Crippen LogP contribution < -0.4 is 14.9 Å². The molecule has 0 radical (unpaired) electrons. The van der Waals surface area contributed by atoms with E-state index in [1.807, 2.05) is 6.07 Å². The van der Waals surface area contributed by atoms with Gasteiger partial charge in [0.25, 0.3) is 5.91 Å². The predicted molar refractivity (Wildman–Crippen MR) is 114 cm³/mol. The van der Waals surface area contributed by atoms with Gasteiger partial charge in [0.15, 0.2) is 0 Å². The molecular weight excluding hydrogens is 436 g/mol. The summed E-state index contributed by atoms with van der Waals surface area (Å²) in [5.41, 5.74) is 4.02. The molecule has 0 aromatic heterocycles. The molecule has 0 saturated carbocycles. The molecule has 1 N–H and O–H groups in total. The third-order valence-electron chi connectivity index (χ3n) is 3.92. The molecule has 0 unspecified atom stereocenters. The molecule has 0 fully saturated rings. The van der Waals surface area contributed by atoms with Gasteiger partial charge in [-0.1, -0.05) is 24.3 Å². The van der Waals surface area contributed by atoms with Crippen LogP contribution in [-0.2, 0) is 0 Å². The summed E-state index contributed by atoms with van der Waals surface area (Å²) in [6.45, 7) is 0. The Morgan fingerprint density at radius 1 is 0.931 bits per heavy atom. The van der Waals surface area contributed by atoms with Crippen molar-refractivity contribution in [3.05, 3.63) is 94.0 Å². The number of benzene rings is 3. The second kappa shape index (κ2) is 9.66. The molecule has 0 aliphatic carbocycles. The van der Waals surface area contributed by atoms with Gasteiger partial charge in [-0.15, -0.1) is 0 Å². The van der Waals surface area contributed by atoms with Crippen LogP contribution in [0, 0.1) is 0 Å². The number of rotatable bonds is 6. The van der Waals surface area contributed by atoms with Gasteiger partial charge in [-0.3, -0.25) is 4.79 Å². The van der Waals surface area contributed by atoms with E-state index in [0.717, 1.165) is 5.56 Å². The van der Waals surface area contributed by atoms with Gasteiger partial charge >= 0.3 is 5.97 Å². The Balaban J connectivity index is 1.60. The standard InChI is InChI=1S/C22H17BrN2O4/c1-28-20-9-5-3-7-18(20)21(26)25-24-14-15-10-12-16(13-11-15)29-22(27)17-6-2-4-8-19(17)23/h2-14H,1H3,(H,25,26)/b24-14-. The zero-order valence-corrected chi connectivity index (χ0v) is 17.0. The minimum Gasteiger partial charge on any atom is -0.496 e. The number of halogens is 1. The molecular formula is C22H17BrN2O4. The van der Waals surface area contributed by atoms with Gasteiger partial charge < -0.3 is 9.47 Å². The Kier molecular flexibility index (Phi) is 6.76. The first kappa shape index (κ1) is 20.3. The van der Waals surface area contributed by atoms with E-state index >= 15 is 0 Å². The molecule has 0 saturated heterocycles. The summed E-state index contributed by atoms with van der Waals surface area (Å²) >= 11 is 3.33. The Morgan fingerprint density at radius 3 is 2.28 bits per heavy atom. The number of amides is 1. The van der Waals surface area contributed by atoms with Crippen molar-refractivity contribution in [1.29, 1.82) is 0 Å². The number of hydrogen-bond donors (Lipinski definition) is 1. The van der Waals surface area contributed by atoms with Crippen LogP contribution in [0.15, 0.2) is 82.4 Å². The van der Waals surface area contributed by atoms with Gasteiger partial charge in [0.1, 0.15) is 11.5 Å². The first-order valence-electron chi connectivity index (χ1n) is 8.61. The summed E-state index contributed by atoms with van der Waals surface area (Å²) in [6, 6.07) is 20.7. The van der Waals surface area contributed by atoms with Crippen LogP contribution in [0.2, 0.25) is 0 Å². The molecule has 0 bridgehead atoms. The Morgan fingerprint density at radius 2 is 1.59 bits per heavy atom. The third-order valence-corrected chi connectivity index (χ3v) is 4.61. The number of nitrogens with zero attached hydrogens (tertiary/aromatic N) is 1. The normalized spacial score (nSPS) is 10.6. The lowest BCUT2D eigenvalue weighted by Crippen LogP contribution is -2.18. The summed E-state index contributed by atoms with van der Waals surface area (Å²) in [5, 5.41) is 3.95. The SMILES string of the molecule is COc1ccccc1C(=O)N/N=C\c1ccc(OC(=O)c2ccccc2Br)cc1. The van der Waals surface area contributed by atoms with Gasteiger partial charge in [-0.25, -0.2) is 10.2 Å². The van der Waals surface area contributed by atoms with Crippen molar-refractivity contribution in [1.82, 2.24) is 5.43 Å². The maximum Gasteiger partial charge on any atom is 0.344 e. The molecule has 0 spiro atoms. The van der Waals surface area contributed by atoms with E-state index in [0.29, 0.717) is 27.1 Å². The fourth-order valence-electron chi connectivity index (χ4n) is 2.47. The Bertz CT molecular complexity index is 1050. The zero-order valence-electron chi connectivity index (χ0n) is 15.5. The highest BCUT2D eigenvalue weighted by Crippen LogP contribution is 2.19. The molecule has 7 heteroatoms. The summed E-state index contributed by atoms with van der Waals surface area (Å²) in [6.07, 6.45) is 1.49. The third kappa shape index (κ3) is 5.30. The largest absolute Gasteiger partial charge is 0.496 e. The number of carbonyl (C=O) groups is 2. The van der Waals surface area contributed by atoms with E-state index in [4.69, 9.17) is 9.47 Å². The van der Waals surface area contributed by atoms with Crippen molar-refractivity contribution in [2.45, 2.75) is 0 Å². The highest BCUT2D eigenvalue weighted by atomic mass is 79.9. The molecule has 0 aliphatic heterocycles. The average molecular weight is 453 g/mol. The van der Waals surface area contributed by atoms with E-state index in [1.54, 1.807) is 66.7 Å². The minimum atomic E-state index is -0.456. The fourth-order valence-corrected chi connectivity index (χ4v) is 2.92. The Hall–Kier alpha value is -3.45. The zero-order chi connectivity index (χ0) is 20.6. The van der Waals surface area contributed by atoms with Crippen LogP contribution in [0.3, 0.4) is 0 Å². The van der Waals surface area contributed by atoms with Gasteiger partial charge in [0.05, 0.1) is 24.5 Å². The van der Waals surface area contributed by atoms with Gasteiger partial charge in [-0.2, -0.15) is 5.10 Å². The first-order valence-corrected chi connectivity index (χ1v) is 9.41. The number of carbonyl (C=O) groups excluding carboxylic acids is 2. The lowest BCUT2D eigenvalue weighted by Gasteiger charge is -2.06. The van der Waals surface area contributed by atoms with E-state index in [2.05, 4.69) is 26.5 Å². The van der Waals surface area contributed by atoms with Gasteiger partial charge in [0, 0.05) is 4.47 Å². The van der Waals surface area contributed by atoms with Crippen LogP contribution in [0.4, 0.5) is 0 Å². The minimum absolute atomic E-state index is 0.377. The van der Waals surface area contributed by atoms with E-state index < -0.39 is 5.97 Å². The molecule has 0 heterocycles. The van der Waals surface area contributed by atoms with Crippen LogP contribution in [0.5, 0.6) is 11.5 Å². The lowest BCUT2D eigenvalue weighted by molar-refractivity contribution is 0.0733. The highest BCUT2D eigenvalue weighted by Gasteiger charge is 2.12. The monoisotopic (exact) mass is 452 g/mol. The number of hydrazone groups is 1. The second-order valence-corrected chi connectivity index (χ2v) is 6.69. The molecule has 0 atom stereocenters. The first-order chi connectivity index (χ1) is 14.1. The molecule has 3 aromatic rings. The summed E-state index contributed by atoms with van der Waals surface area (Å²) < 4.78 is 11.2. The number of nitrogens with one attached hydrogen (secondary N) is 1. The van der Waals surface area contributed by atoms with E-state index in [-0.39, 0.29) is 5.91 Å². The molecule has 3 aromatic carbocycles. The van der Waals surface area contributed by atoms with E-state index in [9.17, 15) is 9.59 Å². The number of para-hydroxylation sites is 1. The van der Waals surface area contributed by atoms with Crippen molar-refractivity contribution in [3.8, 4) is 11.5 Å². The van der Waals surface area contributed by atoms with Crippen molar-refractivity contribution in [2.24, 2.45) is 5.10 Å². The molecule has 146 valence electrons. The van der Waals surface area contributed by atoms with Crippen molar-refractivity contribution < 1.29 is 19.1 Å². The van der Waals surface area contributed by atoms with Gasteiger partial charge in [0.2, 0.25) is 0 Å². The summed E-state index contributed by atoms with van der Waals surface area (Å²) in [7, 11) is 1.50. The fraction of sp³-hybridized carbons (Fsp3) is 0.0455. The quantitative estimate of drug-likeness (QED) is 0.259. The topological polar surface area (TPSA) is 77.0 Å². The second-order valence-electron chi connectivity index (χ2n) is 5.84. The van der Waals surface area contributed by atoms with Crippen LogP contribution >= 0.6 is 15.9 Å². The predicted octanol–water partition coefficient (Wildman–Crippen LogP) is 4.44. The summed E-state index contributed by atoms with van der Waals surface area (Å²) in [4.78, 5) is 24.4. The number of methoxy groups -OCH3 is 1. The Labute approximate surface area is 176 Å². The van der Waals surface area contributed by atoms with Gasteiger partial charge in [-0.05, 0) is 70.0 Å². The van der Waals surface area contributed by atoms with Crippen LogP contribution in [0.25, 0.3) is 0 Å². The van der Waals surface area contributed by atoms with Crippen molar-refractivity contribution >= 4 is 34.0 Å². The van der Waals surface area contributed by atoms with Crippen molar-refractivity contribution in [2.75, 3.05) is 7.11 Å². The maximum atomic E-state index is 12.2. The maximum absolute atomic E-state index is 12.2. The number of ether oxygens (including phenoxy) is 2. The van der Waals surface area contributed by atoms with E-state index in [1.165, 1.54) is 13.3 Å². The lowest BCUT2D eigenvalue weighted by atomic mass is 10.2. The molecule has 29 heavy (non-hydrogen) atoms. The molecule has 1 amide bonds.